The van der Waals surface area contributed by atoms with Crippen molar-refractivity contribution in [1.82, 2.24) is 0 Å². The highest BCUT2D eigenvalue weighted by Gasteiger charge is 2.32. The van der Waals surface area contributed by atoms with Gasteiger partial charge in [-0.05, 0) is 47.9 Å². The van der Waals surface area contributed by atoms with Crippen LogP contribution in [0.15, 0.2) is 42.5 Å². The van der Waals surface area contributed by atoms with Gasteiger partial charge in [0.1, 0.15) is 0 Å². The molecule has 6 heteroatoms. The van der Waals surface area contributed by atoms with Crippen molar-refractivity contribution in [2.45, 2.75) is 19.8 Å². The van der Waals surface area contributed by atoms with Gasteiger partial charge in [0.2, 0.25) is 5.91 Å². The molecule has 0 spiro atoms. The molecule has 0 fully saturated rings. The first-order valence-corrected chi connectivity index (χ1v) is 8.10. The Morgan fingerprint density at radius 3 is 2.50 bits per heavy atom. The smallest absolute Gasteiger partial charge is 0.323 e. The lowest BCUT2D eigenvalue weighted by Gasteiger charge is -2.14. The topological polar surface area (TPSA) is 70.2 Å². The first-order valence-electron chi connectivity index (χ1n) is 7.72. The maximum atomic E-state index is 12.1. The lowest BCUT2D eigenvalue weighted by Crippen LogP contribution is -2.19. The van der Waals surface area contributed by atoms with E-state index in [0.29, 0.717) is 16.4 Å². The van der Waals surface area contributed by atoms with Gasteiger partial charge in [-0.15, -0.1) is 0 Å². The lowest BCUT2D eigenvalue weighted by atomic mass is 9.89. The van der Waals surface area contributed by atoms with Crippen LogP contribution in [0.2, 0.25) is 5.02 Å². The molecular formula is C18H18ClN3O2. The maximum absolute atomic E-state index is 12.1. The van der Waals surface area contributed by atoms with E-state index in [1.165, 1.54) is 0 Å². The van der Waals surface area contributed by atoms with Gasteiger partial charge in [-0.25, -0.2) is 4.79 Å². The van der Waals surface area contributed by atoms with Gasteiger partial charge in [-0.3, -0.25) is 4.79 Å². The molecule has 1 unspecified atom stereocenters. The van der Waals surface area contributed by atoms with Gasteiger partial charge in [-0.2, -0.15) is 0 Å². The highest BCUT2D eigenvalue weighted by molar-refractivity contribution is 6.30. The number of nitrogens with one attached hydrogen (secondary N) is 3. The summed E-state index contributed by atoms with van der Waals surface area (Å²) in [5.41, 5.74) is 2.96. The minimum atomic E-state index is -0.365. The second-order valence-electron chi connectivity index (χ2n) is 6.10. The number of hydrogen-bond donors (Lipinski definition) is 3. The van der Waals surface area contributed by atoms with E-state index in [2.05, 4.69) is 16.0 Å². The summed E-state index contributed by atoms with van der Waals surface area (Å²) in [5, 5.41) is 8.93. The van der Waals surface area contributed by atoms with Crippen molar-refractivity contribution < 1.29 is 9.59 Å². The molecule has 3 N–H and O–H groups in total. The summed E-state index contributed by atoms with van der Waals surface area (Å²) < 4.78 is 0. The molecule has 0 saturated heterocycles. The molecule has 3 rings (SSSR count). The molecule has 0 aromatic heterocycles. The molecule has 0 saturated carbocycles. The van der Waals surface area contributed by atoms with E-state index in [1.807, 2.05) is 26.0 Å². The van der Waals surface area contributed by atoms with E-state index in [1.54, 1.807) is 30.3 Å². The third kappa shape index (κ3) is 3.36. The van der Waals surface area contributed by atoms with Crippen LogP contribution in [0, 0.1) is 5.92 Å². The number of carbonyl (C=O) groups excluding carboxylic acids is 2. The van der Waals surface area contributed by atoms with Gasteiger partial charge in [-0.1, -0.05) is 31.5 Å². The molecule has 24 heavy (non-hydrogen) atoms. The zero-order valence-electron chi connectivity index (χ0n) is 13.4. The molecule has 1 heterocycles. The Bertz CT molecular complexity index is 805. The van der Waals surface area contributed by atoms with Crippen LogP contribution >= 0.6 is 11.6 Å². The fourth-order valence-corrected chi connectivity index (χ4v) is 3.08. The third-order valence-electron chi connectivity index (χ3n) is 3.93. The molecule has 0 bridgehead atoms. The third-order valence-corrected chi connectivity index (χ3v) is 4.17. The first kappa shape index (κ1) is 16.3. The Morgan fingerprint density at radius 2 is 1.83 bits per heavy atom. The van der Waals surface area contributed by atoms with Gasteiger partial charge in [0.25, 0.3) is 0 Å². The van der Waals surface area contributed by atoms with Crippen LogP contribution < -0.4 is 16.0 Å². The van der Waals surface area contributed by atoms with Crippen LogP contribution in [0.4, 0.5) is 21.9 Å². The van der Waals surface area contributed by atoms with Crippen LogP contribution in [0.5, 0.6) is 0 Å². The van der Waals surface area contributed by atoms with Crippen molar-refractivity contribution in [1.29, 1.82) is 0 Å². The molecule has 0 aliphatic carbocycles. The maximum Gasteiger partial charge on any atom is 0.323 e. The van der Waals surface area contributed by atoms with Crippen molar-refractivity contribution in [2.75, 3.05) is 16.0 Å². The molecule has 1 atom stereocenters. The SMILES string of the molecule is CC(C)C1C(=O)Nc2ccc(NC(=O)Nc3cccc(Cl)c3)cc21. The Morgan fingerprint density at radius 1 is 1.12 bits per heavy atom. The number of carbonyl (C=O) groups is 2. The molecule has 1 aliphatic rings. The monoisotopic (exact) mass is 343 g/mol. The second-order valence-corrected chi connectivity index (χ2v) is 6.54. The average Bonchev–Trinajstić information content (AvgIpc) is 2.82. The van der Waals surface area contributed by atoms with Crippen LogP contribution in [0.1, 0.15) is 25.3 Å². The zero-order valence-corrected chi connectivity index (χ0v) is 14.1. The predicted molar refractivity (Wildman–Crippen MR) is 96.7 cm³/mol. The van der Waals surface area contributed by atoms with E-state index >= 15 is 0 Å². The first-order chi connectivity index (χ1) is 11.4. The lowest BCUT2D eigenvalue weighted by molar-refractivity contribution is -0.117. The van der Waals surface area contributed by atoms with E-state index in [4.69, 9.17) is 11.6 Å². The van der Waals surface area contributed by atoms with E-state index in [-0.39, 0.29) is 23.8 Å². The number of anilines is 3. The van der Waals surface area contributed by atoms with Crippen molar-refractivity contribution in [3.05, 3.63) is 53.1 Å². The number of hydrogen-bond acceptors (Lipinski definition) is 2. The van der Waals surface area contributed by atoms with E-state index in [9.17, 15) is 9.59 Å². The largest absolute Gasteiger partial charge is 0.325 e. The summed E-state index contributed by atoms with van der Waals surface area (Å²) in [6, 6.07) is 12.0. The summed E-state index contributed by atoms with van der Waals surface area (Å²) in [5.74, 6) is -0.0138. The average molecular weight is 344 g/mol. The molecule has 5 nitrogen and oxygen atoms in total. The molecule has 3 amide bonds. The highest BCUT2D eigenvalue weighted by Crippen LogP contribution is 2.38. The molecule has 124 valence electrons. The Hall–Kier alpha value is -2.53. The highest BCUT2D eigenvalue weighted by atomic mass is 35.5. The molecule has 0 radical (unpaired) electrons. The number of rotatable bonds is 3. The summed E-state index contributed by atoms with van der Waals surface area (Å²) in [4.78, 5) is 24.2. The summed E-state index contributed by atoms with van der Waals surface area (Å²) in [6.07, 6.45) is 0. The minimum Gasteiger partial charge on any atom is -0.325 e. The van der Waals surface area contributed by atoms with Crippen molar-refractivity contribution in [3.8, 4) is 0 Å². The normalized spacial score (nSPS) is 15.8. The van der Waals surface area contributed by atoms with Gasteiger partial charge < -0.3 is 16.0 Å². The Kier molecular flexibility index (Phi) is 4.44. The standard InChI is InChI=1S/C18H18ClN3O2/c1-10(2)16-14-9-13(6-7-15(14)22-17(16)23)21-18(24)20-12-5-3-4-11(19)8-12/h3-10,16H,1-2H3,(H,22,23)(H2,20,21,24). The van der Waals surface area contributed by atoms with Gasteiger partial charge >= 0.3 is 6.03 Å². The Labute approximate surface area is 145 Å². The van der Waals surface area contributed by atoms with Crippen LogP contribution in [0.3, 0.4) is 0 Å². The van der Waals surface area contributed by atoms with Crippen molar-refractivity contribution >= 4 is 40.6 Å². The second kappa shape index (κ2) is 6.53. The van der Waals surface area contributed by atoms with Crippen LogP contribution in [0.25, 0.3) is 0 Å². The number of halogens is 1. The molecule has 2 aromatic carbocycles. The summed E-state index contributed by atoms with van der Waals surface area (Å²) in [6.45, 7) is 4.01. The number of amides is 3. The predicted octanol–water partition coefficient (Wildman–Crippen LogP) is 4.68. The molecular weight excluding hydrogens is 326 g/mol. The Balaban J connectivity index is 1.75. The van der Waals surface area contributed by atoms with Crippen LogP contribution in [-0.4, -0.2) is 11.9 Å². The van der Waals surface area contributed by atoms with E-state index in [0.717, 1.165) is 11.3 Å². The number of benzene rings is 2. The fraction of sp³-hybridized carbons (Fsp3) is 0.222. The number of fused-ring (bicyclic) bond motifs is 1. The van der Waals surface area contributed by atoms with Gasteiger partial charge in [0.15, 0.2) is 0 Å². The van der Waals surface area contributed by atoms with E-state index < -0.39 is 0 Å². The molecule has 2 aromatic rings. The summed E-state index contributed by atoms with van der Waals surface area (Å²) >= 11 is 5.90. The summed E-state index contributed by atoms with van der Waals surface area (Å²) in [7, 11) is 0. The quantitative estimate of drug-likeness (QED) is 0.757. The minimum absolute atomic E-state index is 0.000490. The molecule has 1 aliphatic heterocycles. The van der Waals surface area contributed by atoms with Crippen LogP contribution in [-0.2, 0) is 4.79 Å². The fourth-order valence-electron chi connectivity index (χ4n) is 2.88. The zero-order chi connectivity index (χ0) is 17.3. The van der Waals surface area contributed by atoms with Crippen molar-refractivity contribution in [3.63, 3.8) is 0 Å². The van der Waals surface area contributed by atoms with Crippen molar-refractivity contribution in [2.24, 2.45) is 5.92 Å². The van der Waals surface area contributed by atoms with Gasteiger partial charge in [0, 0.05) is 22.1 Å². The van der Waals surface area contributed by atoms with Gasteiger partial charge in [0.05, 0.1) is 5.92 Å². The number of urea groups is 1.